The van der Waals surface area contributed by atoms with E-state index in [-0.39, 0.29) is 29.6 Å². The van der Waals surface area contributed by atoms with Crippen LogP contribution in [0.4, 0.5) is 0 Å². The molecule has 0 amide bonds. The zero-order chi connectivity index (χ0) is 13.6. The first-order chi connectivity index (χ1) is 6.83. The molecule has 0 N–H and O–H groups in total. The van der Waals surface area contributed by atoms with E-state index in [4.69, 9.17) is 0 Å². The smallest absolute Gasteiger partial charge is 0 e. The summed E-state index contributed by atoms with van der Waals surface area (Å²) in [5.74, 6) is 1.69. The SMILES string of the molecule is CC(C)CC(C)(C)C.CC(C)CC(C)(C)C.[Na]. The standard InChI is InChI=1S/2C8H18.Na/c2*1-7(2)6-8(3,4)5;/h2*7H,6H2,1-5H3;. The molecule has 0 heterocycles. The van der Waals surface area contributed by atoms with Crippen LogP contribution in [0.5, 0.6) is 0 Å². The van der Waals surface area contributed by atoms with Gasteiger partial charge in [0.25, 0.3) is 0 Å². The van der Waals surface area contributed by atoms with E-state index in [0.29, 0.717) is 10.8 Å². The van der Waals surface area contributed by atoms with E-state index >= 15 is 0 Å². The van der Waals surface area contributed by atoms with E-state index in [1.165, 1.54) is 12.8 Å². The van der Waals surface area contributed by atoms with Gasteiger partial charge in [0.1, 0.15) is 0 Å². The zero-order valence-corrected chi connectivity index (χ0v) is 16.6. The Morgan fingerprint density at radius 2 is 0.765 bits per heavy atom. The third-order valence-electron chi connectivity index (χ3n) is 2.04. The first-order valence-corrected chi connectivity index (χ1v) is 6.83. The molecule has 0 aliphatic carbocycles. The minimum Gasteiger partial charge on any atom is -0.0628 e. The summed E-state index contributed by atoms with van der Waals surface area (Å²) in [4.78, 5) is 0. The molecule has 0 fully saturated rings. The minimum atomic E-state index is 0. The Kier molecular flexibility index (Phi) is 13.4. The van der Waals surface area contributed by atoms with Gasteiger partial charge in [-0.25, -0.2) is 0 Å². The second kappa shape index (κ2) is 9.87. The van der Waals surface area contributed by atoms with E-state index < -0.39 is 0 Å². The van der Waals surface area contributed by atoms with Gasteiger partial charge in [-0.05, 0) is 35.5 Å². The minimum absolute atomic E-state index is 0. The van der Waals surface area contributed by atoms with Crippen molar-refractivity contribution < 1.29 is 0 Å². The van der Waals surface area contributed by atoms with Crippen LogP contribution in [0.2, 0.25) is 0 Å². The van der Waals surface area contributed by atoms with Crippen LogP contribution < -0.4 is 0 Å². The van der Waals surface area contributed by atoms with Gasteiger partial charge in [-0.15, -0.1) is 0 Å². The maximum absolute atomic E-state index is 2.28. The van der Waals surface area contributed by atoms with E-state index in [9.17, 15) is 0 Å². The van der Waals surface area contributed by atoms with Crippen LogP contribution in [0.15, 0.2) is 0 Å². The van der Waals surface area contributed by atoms with Crippen molar-refractivity contribution in [2.75, 3.05) is 0 Å². The Morgan fingerprint density at radius 1 is 0.588 bits per heavy atom. The summed E-state index contributed by atoms with van der Waals surface area (Å²) in [6.07, 6.45) is 2.65. The summed E-state index contributed by atoms with van der Waals surface area (Å²) in [6.45, 7) is 22.8. The molecule has 0 aliphatic rings. The zero-order valence-electron chi connectivity index (χ0n) is 14.6. The molecule has 0 aliphatic heterocycles. The summed E-state index contributed by atoms with van der Waals surface area (Å²) in [5, 5.41) is 0. The number of hydrogen-bond acceptors (Lipinski definition) is 0. The van der Waals surface area contributed by atoms with E-state index in [1.807, 2.05) is 0 Å². The topological polar surface area (TPSA) is 0 Å². The monoisotopic (exact) mass is 251 g/mol. The third kappa shape index (κ3) is 31.6. The van der Waals surface area contributed by atoms with Gasteiger partial charge in [0.05, 0.1) is 0 Å². The first-order valence-electron chi connectivity index (χ1n) is 6.83. The van der Waals surface area contributed by atoms with Gasteiger partial charge in [-0.2, -0.15) is 0 Å². The van der Waals surface area contributed by atoms with Crippen LogP contribution in [0.25, 0.3) is 0 Å². The fourth-order valence-electron chi connectivity index (χ4n) is 2.45. The van der Waals surface area contributed by atoms with Gasteiger partial charge in [-0.3, -0.25) is 0 Å². The Hall–Kier alpha value is 1.00. The molecule has 0 unspecified atom stereocenters. The predicted octanol–water partition coefficient (Wildman–Crippen LogP) is 5.78. The summed E-state index contributed by atoms with van der Waals surface area (Å²) in [5.41, 5.74) is 1.04. The summed E-state index contributed by atoms with van der Waals surface area (Å²) in [6, 6.07) is 0. The molecule has 101 valence electrons. The van der Waals surface area contributed by atoms with Crippen molar-refractivity contribution in [1.29, 1.82) is 0 Å². The molecule has 0 bridgehead atoms. The van der Waals surface area contributed by atoms with Gasteiger partial charge in [0, 0.05) is 29.6 Å². The van der Waals surface area contributed by atoms with Crippen molar-refractivity contribution in [3.8, 4) is 0 Å². The molecule has 0 aromatic heterocycles. The first kappa shape index (κ1) is 23.1. The maximum Gasteiger partial charge on any atom is 0 e. The van der Waals surface area contributed by atoms with Gasteiger partial charge < -0.3 is 0 Å². The fraction of sp³-hybridized carbons (Fsp3) is 1.00. The second-order valence-electron chi connectivity index (χ2n) is 8.32. The predicted molar refractivity (Wildman–Crippen MR) is 83.6 cm³/mol. The van der Waals surface area contributed by atoms with Crippen molar-refractivity contribution in [3.05, 3.63) is 0 Å². The summed E-state index contributed by atoms with van der Waals surface area (Å²) in [7, 11) is 0. The molecule has 0 nitrogen and oxygen atoms in total. The normalized spacial score (nSPS) is 12.0. The van der Waals surface area contributed by atoms with Crippen molar-refractivity contribution >= 4 is 29.6 Å². The molecule has 17 heavy (non-hydrogen) atoms. The quantitative estimate of drug-likeness (QED) is 0.546. The van der Waals surface area contributed by atoms with Crippen LogP contribution in [0, 0.1) is 22.7 Å². The van der Waals surface area contributed by atoms with Gasteiger partial charge in [-0.1, -0.05) is 69.2 Å². The van der Waals surface area contributed by atoms with Gasteiger partial charge >= 0.3 is 0 Å². The van der Waals surface area contributed by atoms with E-state index in [1.54, 1.807) is 0 Å². The molecule has 1 radical (unpaired) electrons. The Morgan fingerprint density at radius 3 is 0.765 bits per heavy atom. The molecule has 1 heteroatoms. The largest absolute Gasteiger partial charge is 0.0628 e. The molecular formula is C16H36Na. The molecule has 0 aromatic carbocycles. The maximum atomic E-state index is 2.28. The van der Waals surface area contributed by atoms with Gasteiger partial charge in [0.2, 0.25) is 0 Å². The van der Waals surface area contributed by atoms with Crippen molar-refractivity contribution in [3.63, 3.8) is 0 Å². The Balaban J connectivity index is -0.000000218. The molecule has 0 spiro atoms. The molecule has 0 saturated heterocycles. The van der Waals surface area contributed by atoms with Crippen LogP contribution >= 0.6 is 0 Å². The molecular weight excluding hydrogens is 215 g/mol. The molecule has 0 rings (SSSR count). The van der Waals surface area contributed by atoms with Crippen LogP contribution in [-0.4, -0.2) is 29.6 Å². The fourth-order valence-corrected chi connectivity index (χ4v) is 2.45. The molecule has 0 atom stereocenters. The Labute approximate surface area is 134 Å². The molecule has 0 saturated carbocycles. The average Bonchev–Trinajstić information content (AvgIpc) is 1.72. The number of hydrogen-bond donors (Lipinski definition) is 0. The van der Waals surface area contributed by atoms with E-state index in [2.05, 4.69) is 69.2 Å². The Bertz CT molecular complexity index is 135. The van der Waals surface area contributed by atoms with Gasteiger partial charge in [0.15, 0.2) is 0 Å². The molecule has 0 aromatic rings. The number of rotatable bonds is 2. The average molecular weight is 251 g/mol. The van der Waals surface area contributed by atoms with Crippen molar-refractivity contribution in [2.45, 2.75) is 82.1 Å². The summed E-state index contributed by atoms with van der Waals surface area (Å²) >= 11 is 0. The van der Waals surface area contributed by atoms with Crippen LogP contribution in [0.1, 0.15) is 82.1 Å². The third-order valence-corrected chi connectivity index (χ3v) is 2.04. The van der Waals surface area contributed by atoms with E-state index in [0.717, 1.165) is 11.8 Å². The van der Waals surface area contributed by atoms with Crippen LogP contribution in [-0.2, 0) is 0 Å². The summed E-state index contributed by atoms with van der Waals surface area (Å²) < 4.78 is 0. The van der Waals surface area contributed by atoms with Crippen molar-refractivity contribution in [1.82, 2.24) is 0 Å². The van der Waals surface area contributed by atoms with Crippen molar-refractivity contribution in [2.24, 2.45) is 22.7 Å². The van der Waals surface area contributed by atoms with Crippen LogP contribution in [0.3, 0.4) is 0 Å². The second-order valence-corrected chi connectivity index (χ2v) is 8.32.